The lowest BCUT2D eigenvalue weighted by Gasteiger charge is -2.25. The van der Waals surface area contributed by atoms with Gasteiger partial charge < -0.3 is 20.3 Å². The van der Waals surface area contributed by atoms with Crippen LogP contribution >= 0.6 is 0 Å². The summed E-state index contributed by atoms with van der Waals surface area (Å²) in [4.78, 5) is 36.3. The number of hydrogen-bond donors (Lipinski definition) is 2. The summed E-state index contributed by atoms with van der Waals surface area (Å²) in [5, 5.41) is 9.23. The Kier molecular flexibility index (Phi) is 13.0. The molecule has 0 unspecified atom stereocenters. The Morgan fingerprint density at radius 3 is 1.45 bits per heavy atom. The van der Waals surface area contributed by atoms with Crippen molar-refractivity contribution in [1.82, 2.24) is 0 Å². The average molecular weight is 692 g/mol. The lowest BCUT2D eigenvalue weighted by atomic mass is 9.93. The molecule has 0 spiro atoms. The number of ether oxygens (including phenoxy) is 2. The highest BCUT2D eigenvalue weighted by molar-refractivity contribution is 5.81. The SMILES string of the molecule is CC(C)(C)OC(=O)C[C@H](Cc1ccc(-c2ccccc2)cc1)C(=O)OC(C)(C)C.N[C@H](Cc1ccc(-c2ccccc2)cc1)CC1(C(=O)O)CC1. The molecule has 0 radical (unpaired) electrons. The lowest BCUT2D eigenvalue weighted by molar-refractivity contribution is -0.167. The Labute approximate surface area is 303 Å². The van der Waals surface area contributed by atoms with E-state index in [1.54, 1.807) is 0 Å². The molecule has 0 aliphatic heterocycles. The quantitative estimate of drug-likeness (QED) is 0.142. The van der Waals surface area contributed by atoms with Gasteiger partial charge in [0.1, 0.15) is 11.2 Å². The number of aliphatic carboxylic acids is 1. The third-order valence-corrected chi connectivity index (χ3v) is 8.64. The average Bonchev–Trinajstić information content (AvgIpc) is 3.85. The number of esters is 2. The number of carbonyl (C=O) groups is 3. The fourth-order valence-electron chi connectivity index (χ4n) is 5.95. The minimum atomic E-state index is -0.692. The highest BCUT2D eigenvalue weighted by atomic mass is 16.6. The fourth-order valence-corrected chi connectivity index (χ4v) is 5.95. The van der Waals surface area contributed by atoms with Crippen LogP contribution in [-0.2, 0) is 36.7 Å². The van der Waals surface area contributed by atoms with Crippen LogP contribution in [-0.4, -0.2) is 40.3 Å². The highest BCUT2D eigenvalue weighted by Crippen LogP contribution is 2.49. The van der Waals surface area contributed by atoms with Gasteiger partial charge in [-0.05, 0) is 107 Å². The Hall–Kier alpha value is -4.75. The maximum Gasteiger partial charge on any atom is 0.310 e. The molecule has 0 amide bonds. The molecule has 1 aliphatic carbocycles. The second-order valence-electron chi connectivity index (χ2n) is 15.6. The smallest absolute Gasteiger partial charge is 0.310 e. The normalized spacial score (nSPS) is 14.6. The van der Waals surface area contributed by atoms with Crippen molar-refractivity contribution in [2.24, 2.45) is 17.1 Å². The lowest BCUT2D eigenvalue weighted by Crippen LogP contribution is -2.33. The van der Waals surface area contributed by atoms with Crippen LogP contribution in [0, 0.1) is 11.3 Å². The van der Waals surface area contributed by atoms with Crippen molar-refractivity contribution in [2.75, 3.05) is 0 Å². The summed E-state index contributed by atoms with van der Waals surface area (Å²) in [5.74, 6) is -2.06. The molecule has 3 N–H and O–H groups in total. The van der Waals surface area contributed by atoms with E-state index in [4.69, 9.17) is 15.2 Å². The van der Waals surface area contributed by atoms with Gasteiger partial charge in [-0.15, -0.1) is 0 Å². The topological polar surface area (TPSA) is 116 Å². The zero-order chi connectivity index (χ0) is 37.2. The summed E-state index contributed by atoms with van der Waals surface area (Å²) in [5.41, 5.74) is 11.2. The molecule has 4 aromatic carbocycles. The largest absolute Gasteiger partial charge is 0.481 e. The van der Waals surface area contributed by atoms with Gasteiger partial charge >= 0.3 is 17.9 Å². The minimum Gasteiger partial charge on any atom is -0.481 e. The first kappa shape index (κ1) is 39.0. The molecule has 1 aliphatic rings. The van der Waals surface area contributed by atoms with E-state index < -0.39 is 34.5 Å². The maximum atomic E-state index is 12.7. The Balaban J connectivity index is 0.000000237. The molecule has 51 heavy (non-hydrogen) atoms. The van der Waals surface area contributed by atoms with E-state index in [0.29, 0.717) is 12.8 Å². The Bertz CT molecular complexity index is 1720. The molecule has 7 nitrogen and oxygen atoms in total. The molecule has 5 rings (SSSR count). The van der Waals surface area contributed by atoms with E-state index in [1.165, 1.54) is 11.1 Å². The summed E-state index contributed by atoms with van der Waals surface area (Å²) < 4.78 is 11.0. The maximum absolute atomic E-state index is 12.7. The van der Waals surface area contributed by atoms with Gasteiger partial charge in [0, 0.05) is 6.04 Å². The number of nitrogens with two attached hydrogens (primary N) is 1. The molecular weight excluding hydrogens is 638 g/mol. The van der Waals surface area contributed by atoms with Crippen LogP contribution in [0.1, 0.15) is 78.4 Å². The van der Waals surface area contributed by atoms with Gasteiger partial charge in [0.25, 0.3) is 0 Å². The summed E-state index contributed by atoms with van der Waals surface area (Å²) in [6.07, 6.45) is 3.24. The molecule has 1 fully saturated rings. The highest BCUT2D eigenvalue weighted by Gasteiger charge is 2.50. The van der Waals surface area contributed by atoms with E-state index in [9.17, 15) is 19.5 Å². The fraction of sp³-hybridized carbons (Fsp3) is 0.386. The van der Waals surface area contributed by atoms with Crippen LogP contribution in [0.3, 0.4) is 0 Å². The second-order valence-corrected chi connectivity index (χ2v) is 15.6. The van der Waals surface area contributed by atoms with Gasteiger partial charge in [0.2, 0.25) is 0 Å². The molecule has 2 atom stereocenters. The van der Waals surface area contributed by atoms with Gasteiger partial charge in [-0.2, -0.15) is 0 Å². The van der Waals surface area contributed by atoms with Gasteiger partial charge in [-0.25, -0.2) is 0 Å². The van der Waals surface area contributed by atoms with E-state index in [0.717, 1.165) is 41.5 Å². The summed E-state index contributed by atoms with van der Waals surface area (Å²) in [6, 6.07) is 36.7. The molecule has 7 heteroatoms. The van der Waals surface area contributed by atoms with Gasteiger partial charge in [0.15, 0.2) is 0 Å². The third-order valence-electron chi connectivity index (χ3n) is 8.64. The van der Waals surface area contributed by atoms with E-state index >= 15 is 0 Å². The molecule has 0 saturated heterocycles. The molecule has 0 heterocycles. The number of carbonyl (C=O) groups excluding carboxylic acids is 2. The number of rotatable bonds is 12. The van der Waals surface area contributed by atoms with Crippen molar-refractivity contribution in [2.45, 2.75) is 97.3 Å². The van der Waals surface area contributed by atoms with Crippen LogP contribution in [0.5, 0.6) is 0 Å². The van der Waals surface area contributed by atoms with Gasteiger partial charge in [-0.1, -0.05) is 109 Å². The number of hydrogen-bond acceptors (Lipinski definition) is 6. The molecule has 0 aromatic heterocycles. The zero-order valence-corrected chi connectivity index (χ0v) is 30.9. The van der Waals surface area contributed by atoms with Gasteiger partial charge in [0.05, 0.1) is 17.8 Å². The Morgan fingerprint density at radius 1 is 0.647 bits per heavy atom. The van der Waals surface area contributed by atoms with Crippen molar-refractivity contribution in [3.05, 3.63) is 120 Å². The molecular formula is C44H53NO6. The van der Waals surface area contributed by atoms with Crippen LogP contribution in [0.25, 0.3) is 22.3 Å². The first-order valence-electron chi connectivity index (χ1n) is 17.7. The molecule has 270 valence electrons. The number of carboxylic acids is 1. The summed E-state index contributed by atoms with van der Waals surface area (Å²) in [7, 11) is 0. The zero-order valence-electron chi connectivity index (χ0n) is 30.9. The minimum absolute atomic E-state index is 0.00732. The van der Waals surface area contributed by atoms with Crippen LogP contribution in [0.15, 0.2) is 109 Å². The third kappa shape index (κ3) is 12.8. The van der Waals surface area contributed by atoms with Crippen molar-refractivity contribution in [3.8, 4) is 22.3 Å². The summed E-state index contributed by atoms with van der Waals surface area (Å²) in [6.45, 7) is 10.9. The van der Waals surface area contributed by atoms with Crippen LogP contribution in [0.4, 0.5) is 0 Å². The summed E-state index contributed by atoms with van der Waals surface area (Å²) >= 11 is 0. The molecule has 4 aromatic rings. The van der Waals surface area contributed by atoms with E-state index in [2.05, 4.69) is 48.5 Å². The van der Waals surface area contributed by atoms with E-state index in [1.807, 2.05) is 102 Å². The molecule has 0 bridgehead atoms. The predicted octanol–water partition coefficient (Wildman–Crippen LogP) is 9.06. The van der Waals surface area contributed by atoms with Crippen molar-refractivity contribution in [1.29, 1.82) is 0 Å². The van der Waals surface area contributed by atoms with Crippen molar-refractivity contribution >= 4 is 17.9 Å². The monoisotopic (exact) mass is 691 g/mol. The first-order valence-corrected chi connectivity index (χ1v) is 17.7. The molecule has 1 saturated carbocycles. The standard InChI is InChI=1S/C25H32O4.C19H21NO2/c1-24(2,3)28-22(26)17-21(23(27)29-25(4,5)6)16-18-12-14-20(15-13-18)19-10-8-7-9-11-19;20-17(13-19(10-11-19)18(21)22)12-14-6-8-16(9-7-14)15-4-2-1-3-5-15/h7-15,21H,16-17H2,1-6H3;1-9,17H,10-13,20H2,(H,21,22)/t21-;17-/m01/s1. The van der Waals surface area contributed by atoms with Crippen LogP contribution in [0.2, 0.25) is 0 Å². The second kappa shape index (κ2) is 17.0. The number of carboxylic acid groups (broad SMARTS) is 1. The first-order chi connectivity index (χ1) is 24.0. The van der Waals surface area contributed by atoms with Crippen molar-refractivity contribution in [3.63, 3.8) is 0 Å². The van der Waals surface area contributed by atoms with Gasteiger partial charge in [-0.3, -0.25) is 14.4 Å². The van der Waals surface area contributed by atoms with Crippen molar-refractivity contribution < 1.29 is 29.0 Å². The van der Waals surface area contributed by atoms with Crippen LogP contribution < -0.4 is 5.73 Å². The Morgan fingerprint density at radius 2 is 1.06 bits per heavy atom. The predicted molar refractivity (Wildman–Crippen MR) is 203 cm³/mol. The van der Waals surface area contributed by atoms with E-state index in [-0.39, 0.29) is 18.4 Å². The number of benzene rings is 4.